The number of ether oxygens (including phenoxy) is 6. The molecule has 12 nitrogen and oxygen atoms in total. The lowest BCUT2D eigenvalue weighted by Gasteiger charge is -2.07. The summed E-state index contributed by atoms with van der Waals surface area (Å²) < 4.78 is 30.8. The normalized spacial score (nSPS) is 10.3. The van der Waals surface area contributed by atoms with E-state index in [9.17, 15) is 14.7 Å². The summed E-state index contributed by atoms with van der Waals surface area (Å²) in [5.74, 6) is -0.525. The van der Waals surface area contributed by atoms with Crippen molar-refractivity contribution < 1.29 is 58.4 Å². The second-order valence-electron chi connectivity index (χ2n) is 9.31. The molecule has 0 amide bonds. The van der Waals surface area contributed by atoms with Gasteiger partial charge in [-0.25, -0.2) is 4.79 Å². The van der Waals surface area contributed by atoms with Crippen LogP contribution < -0.4 is 4.74 Å². The zero-order chi connectivity index (χ0) is 33.1. The van der Waals surface area contributed by atoms with Crippen LogP contribution in [0.2, 0.25) is 0 Å². The van der Waals surface area contributed by atoms with Gasteiger partial charge in [0.05, 0.1) is 79.3 Å². The van der Waals surface area contributed by atoms with Gasteiger partial charge in [-0.15, -0.1) is 0 Å². The number of aliphatic carboxylic acids is 1. The number of phenols is 1. The van der Waals surface area contributed by atoms with Crippen LogP contribution in [0, 0.1) is 0 Å². The van der Waals surface area contributed by atoms with Gasteiger partial charge in [0.1, 0.15) is 11.5 Å². The molecule has 0 bridgehead atoms. The van der Waals surface area contributed by atoms with Crippen molar-refractivity contribution in [3.05, 3.63) is 36.4 Å². The van der Waals surface area contributed by atoms with Crippen molar-refractivity contribution in [2.75, 3.05) is 79.3 Å². The quantitative estimate of drug-likeness (QED) is 0.0503. The smallest absolute Gasteiger partial charge is 0.327 e. The standard InChI is InChI=1S/C17H26O3.C12H26O7.C3H4O2/c1-3-4-5-6-7-8-9-10-15-13-16(20-14(2)18)11-12-17(15)19;13-1-3-15-5-7-17-9-11-19-12-10-18-8-6-16-4-2-14;1-2-3(4)5/h11-13,19H,3-10H2,1-2H3;13-14H,1-12H2;2H,1H2,(H,4,5). The van der Waals surface area contributed by atoms with Crippen molar-refractivity contribution in [2.24, 2.45) is 0 Å². The molecule has 0 unspecified atom stereocenters. The van der Waals surface area contributed by atoms with E-state index in [1.165, 1.54) is 45.4 Å². The van der Waals surface area contributed by atoms with Crippen molar-refractivity contribution in [3.8, 4) is 11.5 Å². The van der Waals surface area contributed by atoms with E-state index in [0.717, 1.165) is 24.5 Å². The number of aryl methyl sites for hydroxylation is 1. The zero-order valence-electron chi connectivity index (χ0n) is 26.7. The van der Waals surface area contributed by atoms with Gasteiger partial charge in [-0.1, -0.05) is 52.0 Å². The molecule has 1 rings (SSSR count). The van der Waals surface area contributed by atoms with Crippen molar-refractivity contribution in [1.29, 1.82) is 0 Å². The Labute approximate surface area is 262 Å². The summed E-state index contributed by atoms with van der Waals surface area (Å²) in [5, 5.41) is 34.3. The van der Waals surface area contributed by atoms with Crippen molar-refractivity contribution in [2.45, 2.75) is 65.2 Å². The average Bonchev–Trinajstić information content (AvgIpc) is 3.00. The number of aliphatic hydroxyl groups is 2. The number of benzene rings is 1. The summed E-state index contributed by atoms with van der Waals surface area (Å²) in [5.41, 5.74) is 0.859. The molecule has 0 aromatic heterocycles. The number of aromatic hydroxyl groups is 1. The Balaban J connectivity index is 0. The first-order valence-corrected chi connectivity index (χ1v) is 15.3. The molecule has 0 spiro atoms. The molecule has 0 aliphatic carbocycles. The lowest BCUT2D eigenvalue weighted by atomic mass is 10.0. The highest BCUT2D eigenvalue weighted by molar-refractivity contribution is 5.78. The number of hydrogen-bond donors (Lipinski definition) is 4. The number of carboxylic acids is 1. The van der Waals surface area contributed by atoms with Gasteiger partial charge in [-0.05, 0) is 36.6 Å². The van der Waals surface area contributed by atoms with Crippen molar-refractivity contribution in [3.63, 3.8) is 0 Å². The predicted octanol–water partition coefficient (Wildman–Crippen LogP) is 3.92. The highest BCUT2D eigenvalue weighted by Crippen LogP contribution is 2.25. The number of carbonyl (C=O) groups is 2. The van der Waals surface area contributed by atoms with Crippen LogP contribution >= 0.6 is 0 Å². The van der Waals surface area contributed by atoms with Gasteiger partial charge in [-0.3, -0.25) is 4.79 Å². The number of phenolic OH excluding ortho intramolecular Hbond substituents is 1. The van der Waals surface area contributed by atoms with Crippen LogP contribution in [-0.4, -0.2) is 112 Å². The van der Waals surface area contributed by atoms with Crippen molar-refractivity contribution >= 4 is 11.9 Å². The van der Waals surface area contributed by atoms with Crippen LogP contribution in [0.15, 0.2) is 30.9 Å². The summed E-state index contributed by atoms with van der Waals surface area (Å²) in [4.78, 5) is 20.2. The molecule has 1 aromatic rings. The fourth-order valence-electron chi connectivity index (χ4n) is 3.37. The first-order valence-electron chi connectivity index (χ1n) is 15.3. The molecular formula is C32H56O12. The third-order valence-corrected chi connectivity index (χ3v) is 5.50. The summed E-state index contributed by atoms with van der Waals surface area (Å²) in [6.45, 7) is 11.4. The van der Waals surface area contributed by atoms with Gasteiger partial charge < -0.3 is 48.8 Å². The largest absolute Gasteiger partial charge is 0.508 e. The van der Waals surface area contributed by atoms with Gasteiger partial charge in [0.2, 0.25) is 0 Å². The molecule has 0 radical (unpaired) electrons. The number of aliphatic hydroxyl groups excluding tert-OH is 2. The molecule has 0 saturated carbocycles. The fraction of sp³-hybridized carbons (Fsp3) is 0.688. The molecule has 0 fully saturated rings. The Kier molecular flexibility index (Phi) is 34.5. The highest BCUT2D eigenvalue weighted by Gasteiger charge is 2.05. The number of unbranched alkanes of at least 4 members (excludes halogenated alkanes) is 6. The van der Waals surface area contributed by atoms with E-state index in [2.05, 4.69) is 13.5 Å². The van der Waals surface area contributed by atoms with E-state index in [1.54, 1.807) is 18.2 Å². The number of carboxylic acid groups (broad SMARTS) is 1. The van der Waals surface area contributed by atoms with Gasteiger partial charge in [0.25, 0.3) is 0 Å². The SMILES string of the molecule is C=CC(=O)O.CCCCCCCCCc1cc(OC(C)=O)ccc1O.OCCOCCOCCOCCOCCOCCO. The highest BCUT2D eigenvalue weighted by atomic mass is 16.6. The lowest BCUT2D eigenvalue weighted by molar-refractivity contribution is -0.132. The molecule has 12 heteroatoms. The van der Waals surface area contributed by atoms with E-state index in [1.807, 2.05) is 0 Å². The predicted molar refractivity (Wildman–Crippen MR) is 167 cm³/mol. The molecule has 44 heavy (non-hydrogen) atoms. The maximum absolute atomic E-state index is 10.9. The molecule has 0 aliphatic heterocycles. The van der Waals surface area contributed by atoms with Crippen LogP contribution in [0.4, 0.5) is 0 Å². The molecule has 256 valence electrons. The molecule has 1 aromatic carbocycles. The van der Waals surface area contributed by atoms with E-state index in [0.29, 0.717) is 71.8 Å². The minimum Gasteiger partial charge on any atom is -0.508 e. The minimum absolute atomic E-state index is 0.0359. The number of carbonyl (C=O) groups excluding carboxylic acids is 1. The molecule has 0 aliphatic rings. The van der Waals surface area contributed by atoms with Crippen LogP contribution in [0.1, 0.15) is 64.4 Å². The van der Waals surface area contributed by atoms with E-state index in [-0.39, 0.29) is 24.9 Å². The van der Waals surface area contributed by atoms with E-state index in [4.69, 9.17) is 43.7 Å². The number of hydrogen-bond acceptors (Lipinski definition) is 11. The molecule has 4 N–H and O–H groups in total. The topological polar surface area (TPSA) is 170 Å². The van der Waals surface area contributed by atoms with Crippen LogP contribution in [0.25, 0.3) is 0 Å². The summed E-state index contributed by atoms with van der Waals surface area (Å²) in [6, 6.07) is 4.97. The first-order chi connectivity index (χ1) is 21.3. The van der Waals surface area contributed by atoms with Crippen molar-refractivity contribution in [1.82, 2.24) is 0 Å². The lowest BCUT2D eigenvalue weighted by Crippen LogP contribution is -2.14. The van der Waals surface area contributed by atoms with Crippen LogP contribution in [-0.2, 0) is 39.7 Å². The molecule has 0 heterocycles. The summed E-state index contributed by atoms with van der Waals surface area (Å²) in [7, 11) is 0. The Morgan fingerprint density at radius 3 is 1.52 bits per heavy atom. The van der Waals surface area contributed by atoms with Crippen LogP contribution in [0.3, 0.4) is 0 Å². The third kappa shape index (κ3) is 33.9. The Hall–Kier alpha value is -2.58. The number of rotatable bonds is 26. The van der Waals surface area contributed by atoms with Gasteiger partial charge in [0.15, 0.2) is 0 Å². The van der Waals surface area contributed by atoms with E-state index >= 15 is 0 Å². The Morgan fingerprint density at radius 2 is 1.14 bits per heavy atom. The minimum atomic E-state index is -0.981. The van der Waals surface area contributed by atoms with Crippen LogP contribution in [0.5, 0.6) is 11.5 Å². The molecule has 0 atom stereocenters. The Bertz CT molecular complexity index is 787. The molecular weight excluding hydrogens is 576 g/mol. The number of esters is 1. The maximum Gasteiger partial charge on any atom is 0.327 e. The van der Waals surface area contributed by atoms with Gasteiger partial charge >= 0.3 is 11.9 Å². The maximum atomic E-state index is 10.9. The van der Waals surface area contributed by atoms with Gasteiger partial charge in [-0.2, -0.15) is 0 Å². The monoisotopic (exact) mass is 632 g/mol. The van der Waals surface area contributed by atoms with E-state index < -0.39 is 5.97 Å². The zero-order valence-corrected chi connectivity index (χ0v) is 26.7. The summed E-state index contributed by atoms with van der Waals surface area (Å²) >= 11 is 0. The third-order valence-electron chi connectivity index (χ3n) is 5.50. The second-order valence-corrected chi connectivity index (χ2v) is 9.31. The Morgan fingerprint density at radius 1 is 0.727 bits per heavy atom. The average molecular weight is 633 g/mol. The first kappa shape index (κ1) is 43.5. The van der Waals surface area contributed by atoms with Gasteiger partial charge in [0, 0.05) is 13.0 Å². The fourth-order valence-corrected chi connectivity index (χ4v) is 3.37. The second kappa shape index (κ2) is 34.9. The molecule has 0 saturated heterocycles. The summed E-state index contributed by atoms with van der Waals surface area (Å²) in [6.07, 6.45) is 10.4.